The third-order valence-corrected chi connectivity index (χ3v) is 7.94. The minimum Gasteiger partial charge on any atom is -0.325 e. The van der Waals surface area contributed by atoms with E-state index in [0.717, 1.165) is 16.7 Å². The van der Waals surface area contributed by atoms with Crippen LogP contribution >= 0.6 is 11.6 Å². The minimum absolute atomic E-state index is 0.140. The van der Waals surface area contributed by atoms with Gasteiger partial charge in [-0.2, -0.15) is 4.31 Å². The average Bonchev–Trinajstić information content (AvgIpc) is 2.66. The van der Waals surface area contributed by atoms with Crippen molar-refractivity contribution in [3.05, 3.63) is 58.1 Å². The molecule has 0 aromatic heterocycles. The molecule has 1 heterocycles. The van der Waals surface area contributed by atoms with Crippen molar-refractivity contribution in [2.24, 2.45) is 0 Å². The van der Waals surface area contributed by atoms with Gasteiger partial charge in [-0.25, -0.2) is 8.42 Å². The van der Waals surface area contributed by atoms with Crippen LogP contribution in [-0.4, -0.2) is 55.8 Å². The first-order chi connectivity index (χ1) is 14.1. The highest BCUT2D eigenvalue weighted by molar-refractivity contribution is 7.89. The summed E-state index contributed by atoms with van der Waals surface area (Å²) >= 11 is 5.97. The number of amides is 1. The molecule has 1 atom stereocenters. The lowest BCUT2D eigenvalue weighted by Gasteiger charge is -2.37. The van der Waals surface area contributed by atoms with E-state index in [1.807, 2.05) is 44.7 Å². The molecule has 1 aliphatic rings. The fourth-order valence-electron chi connectivity index (χ4n) is 4.01. The van der Waals surface area contributed by atoms with E-state index in [9.17, 15) is 13.2 Å². The van der Waals surface area contributed by atoms with Crippen molar-refractivity contribution in [1.82, 2.24) is 9.21 Å². The Labute approximate surface area is 183 Å². The fourth-order valence-corrected chi connectivity index (χ4v) is 6.04. The average molecular weight is 450 g/mol. The molecule has 0 spiro atoms. The van der Waals surface area contributed by atoms with Gasteiger partial charge < -0.3 is 5.32 Å². The van der Waals surface area contributed by atoms with Gasteiger partial charge in [0.1, 0.15) is 0 Å². The zero-order chi connectivity index (χ0) is 22.1. The third-order valence-electron chi connectivity index (χ3n) is 5.50. The normalized spacial score (nSPS) is 17.0. The van der Waals surface area contributed by atoms with Crippen LogP contribution in [0.4, 0.5) is 5.69 Å². The molecule has 8 heteroatoms. The number of carbonyl (C=O) groups is 1. The van der Waals surface area contributed by atoms with Crippen LogP contribution in [0.1, 0.15) is 23.6 Å². The molecule has 0 bridgehead atoms. The number of hydrogen-bond donors (Lipinski definition) is 1. The van der Waals surface area contributed by atoms with Crippen LogP contribution in [0.2, 0.25) is 5.02 Å². The first kappa shape index (κ1) is 22.7. The molecule has 0 saturated carbocycles. The van der Waals surface area contributed by atoms with Crippen LogP contribution in [0.3, 0.4) is 0 Å². The van der Waals surface area contributed by atoms with Gasteiger partial charge in [-0.15, -0.1) is 0 Å². The monoisotopic (exact) mass is 449 g/mol. The first-order valence-electron chi connectivity index (χ1n) is 9.98. The van der Waals surface area contributed by atoms with Crippen molar-refractivity contribution in [2.45, 2.75) is 38.6 Å². The maximum Gasteiger partial charge on any atom is 0.243 e. The molecule has 1 fully saturated rings. The molecule has 0 unspecified atom stereocenters. The van der Waals surface area contributed by atoms with Gasteiger partial charge >= 0.3 is 0 Å². The van der Waals surface area contributed by atoms with Crippen LogP contribution in [0.25, 0.3) is 0 Å². The Morgan fingerprint density at radius 2 is 1.63 bits per heavy atom. The van der Waals surface area contributed by atoms with Gasteiger partial charge in [-0.05, 0) is 57.0 Å². The number of piperazine rings is 1. The molecule has 0 aliphatic carbocycles. The molecule has 162 valence electrons. The summed E-state index contributed by atoms with van der Waals surface area (Å²) in [6, 6.07) is 10.4. The van der Waals surface area contributed by atoms with Gasteiger partial charge in [0, 0.05) is 36.9 Å². The van der Waals surface area contributed by atoms with E-state index < -0.39 is 10.0 Å². The molecular formula is C22H28ClN3O3S. The summed E-state index contributed by atoms with van der Waals surface area (Å²) in [4.78, 5) is 15.0. The number of rotatable bonds is 5. The lowest BCUT2D eigenvalue weighted by atomic mass is 10.1. The molecule has 1 N–H and O–H groups in total. The first-order valence-corrected chi connectivity index (χ1v) is 11.8. The highest BCUT2D eigenvalue weighted by Gasteiger charge is 2.33. The van der Waals surface area contributed by atoms with Crippen molar-refractivity contribution in [1.29, 1.82) is 0 Å². The summed E-state index contributed by atoms with van der Waals surface area (Å²) in [5, 5.41) is 3.43. The smallest absolute Gasteiger partial charge is 0.243 e. The zero-order valence-electron chi connectivity index (χ0n) is 17.8. The Kier molecular flexibility index (Phi) is 6.87. The molecule has 2 aromatic carbocycles. The van der Waals surface area contributed by atoms with Crippen LogP contribution < -0.4 is 5.32 Å². The molecular weight excluding hydrogens is 422 g/mol. The SMILES string of the molecule is Cc1cc(C)c(S(=O)(=O)N2CCN([C@@H](C)C(=O)Nc3cccc(Cl)c3)CC2)c(C)c1. The predicted molar refractivity (Wildman–Crippen MR) is 121 cm³/mol. The van der Waals surface area contributed by atoms with Crippen molar-refractivity contribution >= 4 is 33.2 Å². The second-order valence-electron chi connectivity index (χ2n) is 7.84. The number of nitrogens with one attached hydrogen (secondary N) is 1. The van der Waals surface area contributed by atoms with E-state index in [2.05, 4.69) is 5.32 Å². The highest BCUT2D eigenvalue weighted by atomic mass is 35.5. The van der Waals surface area contributed by atoms with Gasteiger partial charge in [0.05, 0.1) is 10.9 Å². The lowest BCUT2D eigenvalue weighted by molar-refractivity contribution is -0.121. The van der Waals surface area contributed by atoms with Gasteiger partial charge in [0.25, 0.3) is 0 Å². The summed E-state index contributed by atoms with van der Waals surface area (Å²) in [7, 11) is -3.57. The number of anilines is 1. The number of nitrogens with zero attached hydrogens (tertiary/aromatic N) is 2. The standard InChI is InChI=1S/C22H28ClN3O3S/c1-15-12-16(2)21(17(3)13-15)30(28,29)26-10-8-25(9-11-26)18(4)22(27)24-20-7-5-6-19(23)14-20/h5-7,12-14,18H,8-11H2,1-4H3,(H,24,27)/t18-/m0/s1. The van der Waals surface area contributed by atoms with E-state index in [0.29, 0.717) is 41.8 Å². The topological polar surface area (TPSA) is 69.7 Å². The Bertz CT molecular complexity index is 1020. The quantitative estimate of drug-likeness (QED) is 0.757. The molecule has 3 rings (SSSR count). The molecule has 0 radical (unpaired) electrons. The molecule has 2 aromatic rings. The summed E-state index contributed by atoms with van der Waals surface area (Å²) in [5.41, 5.74) is 3.23. The molecule has 1 aliphatic heterocycles. The maximum atomic E-state index is 13.2. The van der Waals surface area contributed by atoms with Crippen LogP contribution in [0, 0.1) is 20.8 Å². The highest BCUT2D eigenvalue weighted by Crippen LogP contribution is 2.26. The van der Waals surface area contributed by atoms with Crippen LogP contribution in [0.15, 0.2) is 41.3 Å². The van der Waals surface area contributed by atoms with Crippen molar-refractivity contribution in [2.75, 3.05) is 31.5 Å². The van der Waals surface area contributed by atoms with Crippen LogP contribution in [-0.2, 0) is 14.8 Å². The van der Waals surface area contributed by atoms with Gasteiger partial charge in [0.15, 0.2) is 0 Å². The molecule has 1 saturated heterocycles. The van der Waals surface area contributed by atoms with E-state index >= 15 is 0 Å². The molecule has 1 amide bonds. The number of sulfonamides is 1. The van der Waals surface area contributed by atoms with Crippen molar-refractivity contribution in [3.8, 4) is 0 Å². The number of benzene rings is 2. The Hall–Kier alpha value is -1.93. The lowest BCUT2D eigenvalue weighted by Crippen LogP contribution is -2.54. The fraction of sp³-hybridized carbons (Fsp3) is 0.409. The second-order valence-corrected chi connectivity index (χ2v) is 10.2. The van der Waals surface area contributed by atoms with E-state index in [-0.39, 0.29) is 11.9 Å². The number of aryl methyl sites for hydroxylation is 3. The number of hydrogen-bond acceptors (Lipinski definition) is 4. The van der Waals surface area contributed by atoms with Crippen LogP contribution in [0.5, 0.6) is 0 Å². The van der Waals surface area contributed by atoms with E-state index in [4.69, 9.17) is 11.6 Å². The molecule has 6 nitrogen and oxygen atoms in total. The van der Waals surface area contributed by atoms with Crippen molar-refractivity contribution < 1.29 is 13.2 Å². The number of carbonyl (C=O) groups excluding carboxylic acids is 1. The van der Waals surface area contributed by atoms with E-state index in [1.165, 1.54) is 4.31 Å². The number of halogens is 1. The molecule has 30 heavy (non-hydrogen) atoms. The second kappa shape index (κ2) is 9.06. The summed E-state index contributed by atoms with van der Waals surface area (Å²) in [6.45, 7) is 9.16. The largest absolute Gasteiger partial charge is 0.325 e. The third kappa shape index (κ3) is 4.86. The van der Waals surface area contributed by atoms with Gasteiger partial charge in [-0.3, -0.25) is 9.69 Å². The maximum absolute atomic E-state index is 13.2. The Morgan fingerprint density at radius 1 is 1.03 bits per heavy atom. The van der Waals surface area contributed by atoms with Gasteiger partial charge in [0.2, 0.25) is 15.9 Å². The summed E-state index contributed by atoms with van der Waals surface area (Å²) in [6.07, 6.45) is 0. The minimum atomic E-state index is -3.57. The Morgan fingerprint density at radius 3 is 2.20 bits per heavy atom. The predicted octanol–water partition coefficient (Wildman–Crippen LogP) is 3.60. The summed E-state index contributed by atoms with van der Waals surface area (Å²) < 4.78 is 28.0. The Balaban J connectivity index is 1.66. The van der Waals surface area contributed by atoms with Crippen molar-refractivity contribution in [3.63, 3.8) is 0 Å². The van der Waals surface area contributed by atoms with Gasteiger partial charge in [-0.1, -0.05) is 35.4 Å². The van der Waals surface area contributed by atoms with E-state index in [1.54, 1.807) is 24.3 Å². The zero-order valence-corrected chi connectivity index (χ0v) is 19.3. The summed E-state index contributed by atoms with van der Waals surface area (Å²) in [5.74, 6) is -0.140.